The summed E-state index contributed by atoms with van der Waals surface area (Å²) in [6, 6.07) is 1.98. The molecule has 0 radical (unpaired) electrons. The third kappa shape index (κ3) is 2.03. The summed E-state index contributed by atoms with van der Waals surface area (Å²) in [5.41, 5.74) is 2.40. The molecule has 0 spiro atoms. The molecule has 0 unspecified atom stereocenters. The molecule has 20 heavy (non-hydrogen) atoms. The summed E-state index contributed by atoms with van der Waals surface area (Å²) < 4.78 is 15.2. The Kier molecular flexibility index (Phi) is 3.13. The fourth-order valence-electron chi connectivity index (χ4n) is 2.02. The average molecular weight is 289 g/mol. The van der Waals surface area contributed by atoms with Gasteiger partial charge in [-0.15, -0.1) is 11.8 Å². The zero-order valence-corrected chi connectivity index (χ0v) is 12.1. The van der Waals surface area contributed by atoms with E-state index < -0.39 is 5.82 Å². The normalized spacial score (nSPS) is 11.2. The van der Waals surface area contributed by atoms with Crippen LogP contribution >= 0.6 is 11.8 Å². The summed E-state index contributed by atoms with van der Waals surface area (Å²) in [6.07, 6.45) is 4.74. The van der Waals surface area contributed by atoms with Crippen LogP contribution in [0.25, 0.3) is 22.6 Å². The molecule has 0 aliphatic heterocycles. The summed E-state index contributed by atoms with van der Waals surface area (Å²) in [5, 5.41) is 5.58. The second kappa shape index (κ2) is 4.82. The maximum absolute atomic E-state index is 13.5. The highest BCUT2D eigenvalue weighted by molar-refractivity contribution is 7.98. The highest BCUT2D eigenvalue weighted by atomic mass is 32.2. The van der Waals surface area contributed by atoms with Crippen molar-refractivity contribution in [3.8, 4) is 11.5 Å². The van der Waals surface area contributed by atoms with E-state index in [1.807, 2.05) is 20.0 Å². The molecule has 3 aromatic rings. The fraction of sp³-hybridized carbons (Fsp3) is 0.231. The van der Waals surface area contributed by atoms with E-state index in [1.165, 1.54) is 18.0 Å². The molecule has 0 N–H and O–H groups in total. The van der Waals surface area contributed by atoms with Crippen LogP contribution < -0.4 is 0 Å². The van der Waals surface area contributed by atoms with Crippen molar-refractivity contribution in [1.82, 2.24) is 24.7 Å². The van der Waals surface area contributed by atoms with Gasteiger partial charge in [0.05, 0.1) is 11.6 Å². The first kappa shape index (κ1) is 13.0. The van der Waals surface area contributed by atoms with Gasteiger partial charge in [0.25, 0.3) is 0 Å². The van der Waals surface area contributed by atoms with Gasteiger partial charge in [0.1, 0.15) is 10.7 Å². The summed E-state index contributed by atoms with van der Waals surface area (Å²) in [7, 11) is 1.81. The van der Waals surface area contributed by atoms with Crippen LogP contribution in [0.15, 0.2) is 23.5 Å². The Hall–Kier alpha value is -2.02. The van der Waals surface area contributed by atoms with Gasteiger partial charge in [-0.3, -0.25) is 0 Å². The SMILES string of the molecule is CSc1nc(-c2nn(C)c3ncc(C)cc23)ncc1F. The summed E-state index contributed by atoms with van der Waals surface area (Å²) in [4.78, 5) is 12.6. The third-order valence-electron chi connectivity index (χ3n) is 2.93. The molecule has 102 valence electrons. The lowest BCUT2D eigenvalue weighted by molar-refractivity contribution is 0.580. The molecule has 0 bridgehead atoms. The Labute approximate surface area is 119 Å². The van der Waals surface area contributed by atoms with Crippen LogP contribution in [0.4, 0.5) is 4.39 Å². The Bertz CT molecular complexity index is 799. The fourth-order valence-corrected chi connectivity index (χ4v) is 2.44. The maximum Gasteiger partial charge on any atom is 0.182 e. The van der Waals surface area contributed by atoms with Crippen molar-refractivity contribution in [3.63, 3.8) is 0 Å². The third-order valence-corrected chi connectivity index (χ3v) is 3.61. The molecule has 0 atom stereocenters. The van der Waals surface area contributed by atoms with E-state index in [2.05, 4.69) is 20.1 Å². The monoisotopic (exact) mass is 289 g/mol. The minimum Gasteiger partial charge on any atom is -0.250 e. The Morgan fingerprint density at radius 1 is 1.25 bits per heavy atom. The number of aryl methyl sites for hydroxylation is 2. The zero-order chi connectivity index (χ0) is 14.3. The van der Waals surface area contributed by atoms with Gasteiger partial charge in [-0.25, -0.2) is 24.0 Å². The average Bonchev–Trinajstić information content (AvgIpc) is 2.76. The first-order valence-corrected chi connectivity index (χ1v) is 7.19. The lowest BCUT2D eigenvalue weighted by atomic mass is 10.2. The standard InChI is InChI=1S/C13H12FN5S/c1-7-4-8-10(18-19(2)12(8)16-5-7)11-15-6-9(14)13(17-11)20-3/h4-6H,1-3H3. The molecule has 0 aliphatic rings. The Morgan fingerprint density at radius 3 is 2.80 bits per heavy atom. The van der Waals surface area contributed by atoms with Gasteiger partial charge in [0.2, 0.25) is 0 Å². The molecule has 0 aromatic carbocycles. The first-order chi connectivity index (χ1) is 9.60. The van der Waals surface area contributed by atoms with E-state index in [0.29, 0.717) is 16.5 Å². The molecule has 3 heterocycles. The van der Waals surface area contributed by atoms with Crippen LogP contribution in [-0.4, -0.2) is 31.0 Å². The van der Waals surface area contributed by atoms with Crippen molar-refractivity contribution in [2.75, 3.05) is 6.26 Å². The smallest absolute Gasteiger partial charge is 0.182 e. The maximum atomic E-state index is 13.5. The van der Waals surface area contributed by atoms with Gasteiger partial charge in [0, 0.05) is 13.2 Å². The van der Waals surface area contributed by atoms with Crippen molar-refractivity contribution < 1.29 is 4.39 Å². The van der Waals surface area contributed by atoms with Crippen LogP contribution in [0.1, 0.15) is 5.56 Å². The summed E-state index contributed by atoms with van der Waals surface area (Å²) in [6.45, 7) is 1.96. The van der Waals surface area contributed by atoms with Gasteiger partial charge in [-0.1, -0.05) is 0 Å². The van der Waals surface area contributed by atoms with E-state index in [0.717, 1.165) is 16.6 Å². The van der Waals surface area contributed by atoms with Crippen molar-refractivity contribution in [2.24, 2.45) is 7.05 Å². The number of hydrogen-bond donors (Lipinski definition) is 0. The highest BCUT2D eigenvalue weighted by Crippen LogP contribution is 2.26. The number of halogens is 1. The molecule has 3 aromatic heterocycles. The van der Waals surface area contributed by atoms with Crippen LogP contribution in [-0.2, 0) is 7.05 Å². The predicted molar refractivity (Wildman–Crippen MR) is 76.0 cm³/mol. The number of hydrogen-bond acceptors (Lipinski definition) is 5. The molecular formula is C13H12FN5S. The molecule has 0 amide bonds. The predicted octanol–water partition coefficient (Wildman–Crippen LogP) is 2.59. The number of aromatic nitrogens is 5. The van der Waals surface area contributed by atoms with Crippen LogP contribution in [0.3, 0.4) is 0 Å². The molecule has 7 heteroatoms. The lowest BCUT2D eigenvalue weighted by Gasteiger charge is -2.01. The van der Waals surface area contributed by atoms with E-state index >= 15 is 0 Å². The number of nitrogens with zero attached hydrogens (tertiary/aromatic N) is 5. The van der Waals surface area contributed by atoms with E-state index in [9.17, 15) is 4.39 Å². The summed E-state index contributed by atoms with van der Waals surface area (Å²) >= 11 is 1.24. The number of thioether (sulfide) groups is 1. The molecule has 0 saturated carbocycles. The van der Waals surface area contributed by atoms with Gasteiger partial charge < -0.3 is 0 Å². The Balaban J connectivity index is 2.26. The topological polar surface area (TPSA) is 56.5 Å². The van der Waals surface area contributed by atoms with Crippen molar-refractivity contribution >= 4 is 22.8 Å². The van der Waals surface area contributed by atoms with Gasteiger partial charge in [-0.05, 0) is 24.8 Å². The molecule has 0 aliphatic carbocycles. The number of fused-ring (bicyclic) bond motifs is 1. The number of rotatable bonds is 2. The Morgan fingerprint density at radius 2 is 2.05 bits per heavy atom. The second-order valence-electron chi connectivity index (χ2n) is 4.41. The lowest BCUT2D eigenvalue weighted by Crippen LogP contribution is -1.96. The molecular weight excluding hydrogens is 277 g/mol. The van der Waals surface area contributed by atoms with Crippen LogP contribution in [0.5, 0.6) is 0 Å². The van der Waals surface area contributed by atoms with Crippen LogP contribution in [0, 0.1) is 12.7 Å². The van der Waals surface area contributed by atoms with E-state index in [-0.39, 0.29) is 0 Å². The number of pyridine rings is 1. The zero-order valence-electron chi connectivity index (χ0n) is 11.3. The molecule has 5 nitrogen and oxygen atoms in total. The van der Waals surface area contributed by atoms with Crippen LogP contribution in [0.2, 0.25) is 0 Å². The van der Waals surface area contributed by atoms with Crippen molar-refractivity contribution in [2.45, 2.75) is 11.9 Å². The largest absolute Gasteiger partial charge is 0.250 e. The second-order valence-corrected chi connectivity index (χ2v) is 5.20. The molecule has 0 saturated heterocycles. The van der Waals surface area contributed by atoms with E-state index in [1.54, 1.807) is 17.1 Å². The van der Waals surface area contributed by atoms with Gasteiger partial charge in [0.15, 0.2) is 17.3 Å². The minimum absolute atomic E-state index is 0.314. The van der Waals surface area contributed by atoms with E-state index in [4.69, 9.17) is 0 Å². The quantitative estimate of drug-likeness (QED) is 0.536. The summed E-state index contributed by atoms with van der Waals surface area (Å²) in [5.74, 6) is -0.00968. The minimum atomic E-state index is -0.421. The van der Waals surface area contributed by atoms with Gasteiger partial charge in [-0.2, -0.15) is 5.10 Å². The highest BCUT2D eigenvalue weighted by Gasteiger charge is 2.16. The van der Waals surface area contributed by atoms with Gasteiger partial charge >= 0.3 is 0 Å². The van der Waals surface area contributed by atoms with Crippen molar-refractivity contribution in [1.29, 1.82) is 0 Å². The molecule has 0 fully saturated rings. The molecule has 3 rings (SSSR count). The first-order valence-electron chi connectivity index (χ1n) is 5.96. The van der Waals surface area contributed by atoms with Crippen molar-refractivity contribution in [3.05, 3.63) is 29.8 Å².